The van der Waals surface area contributed by atoms with E-state index in [1.165, 1.54) is 0 Å². The highest BCUT2D eigenvalue weighted by Crippen LogP contribution is 1.95. The van der Waals surface area contributed by atoms with Gasteiger partial charge in [0.2, 0.25) is 0 Å². The molecule has 0 aromatic heterocycles. The van der Waals surface area contributed by atoms with Crippen LogP contribution in [0.5, 0.6) is 0 Å². The van der Waals surface area contributed by atoms with Gasteiger partial charge in [-0.1, -0.05) is 37.9 Å². The molecular formula is C7H10S. The van der Waals surface area contributed by atoms with Crippen molar-refractivity contribution < 1.29 is 0 Å². The summed E-state index contributed by atoms with van der Waals surface area (Å²) in [5.74, 6) is 0. The van der Waals surface area contributed by atoms with E-state index in [2.05, 4.69) is 13.5 Å². The number of allylic oxidation sites excluding steroid dienone is 3. The summed E-state index contributed by atoms with van der Waals surface area (Å²) in [5, 5.41) is 1.68. The molecular weight excluding hydrogens is 116 g/mol. The van der Waals surface area contributed by atoms with Crippen molar-refractivity contribution in [1.82, 2.24) is 0 Å². The quantitative estimate of drug-likeness (QED) is 0.318. The molecule has 0 aliphatic carbocycles. The van der Waals surface area contributed by atoms with Crippen LogP contribution >= 0.6 is 12.2 Å². The zero-order chi connectivity index (χ0) is 6.41. The van der Waals surface area contributed by atoms with Crippen LogP contribution in [0.25, 0.3) is 0 Å². The highest BCUT2D eigenvalue weighted by atomic mass is 32.1. The minimum absolute atomic E-state index is 0.996. The molecule has 0 rings (SSSR count). The average molecular weight is 126 g/mol. The van der Waals surface area contributed by atoms with Gasteiger partial charge in [0.1, 0.15) is 0 Å². The van der Waals surface area contributed by atoms with Crippen molar-refractivity contribution >= 4 is 17.6 Å². The summed E-state index contributed by atoms with van der Waals surface area (Å²) in [4.78, 5) is 0. The maximum Gasteiger partial charge on any atom is 0.00455 e. The second-order valence-electron chi connectivity index (χ2n) is 1.45. The van der Waals surface area contributed by atoms with Crippen molar-refractivity contribution in [1.29, 1.82) is 0 Å². The van der Waals surface area contributed by atoms with Crippen molar-refractivity contribution in [2.45, 2.75) is 13.3 Å². The third-order valence-corrected chi connectivity index (χ3v) is 1.19. The van der Waals surface area contributed by atoms with Crippen LogP contribution in [0.4, 0.5) is 0 Å². The normalized spacial score (nSPS) is 10.9. The van der Waals surface area contributed by atoms with Gasteiger partial charge < -0.3 is 0 Å². The molecule has 0 spiro atoms. The van der Waals surface area contributed by atoms with Crippen molar-refractivity contribution in [2.24, 2.45) is 0 Å². The minimum Gasteiger partial charge on any atom is -0.0991 e. The second kappa shape index (κ2) is 4.72. The van der Waals surface area contributed by atoms with Crippen LogP contribution in [0.15, 0.2) is 24.3 Å². The van der Waals surface area contributed by atoms with Crippen LogP contribution < -0.4 is 0 Å². The minimum atomic E-state index is 0.996. The molecule has 0 unspecified atom stereocenters. The van der Waals surface area contributed by atoms with Gasteiger partial charge >= 0.3 is 0 Å². The zero-order valence-electron chi connectivity index (χ0n) is 5.05. The first-order chi connectivity index (χ1) is 3.85. The number of thiocarbonyl (C=S) groups is 1. The van der Waals surface area contributed by atoms with Crippen molar-refractivity contribution in [3.8, 4) is 0 Å². The van der Waals surface area contributed by atoms with Crippen LogP contribution in [0, 0.1) is 0 Å². The monoisotopic (exact) mass is 126 g/mol. The number of rotatable bonds is 3. The molecule has 44 valence electrons. The maximum atomic E-state index is 4.70. The fraction of sp³-hybridized carbons (Fsp3) is 0.286. The molecule has 0 aromatic carbocycles. The van der Waals surface area contributed by atoms with E-state index in [0.717, 1.165) is 12.0 Å². The first kappa shape index (κ1) is 7.57. The molecule has 8 heavy (non-hydrogen) atoms. The Balaban J connectivity index is 3.84. The fourth-order valence-electron chi connectivity index (χ4n) is 0.392. The van der Waals surface area contributed by atoms with Crippen LogP contribution in [0.3, 0.4) is 0 Å². The molecule has 0 amide bonds. The summed E-state index contributed by atoms with van der Waals surface area (Å²) in [6.07, 6.45) is 4.67. The Morgan fingerprint density at radius 3 is 2.50 bits per heavy atom. The van der Waals surface area contributed by atoms with Crippen LogP contribution in [-0.2, 0) is 0 Å². The van der Waals surface area contributed by atoms with Crippen LogP contribution in [0.1, 0.15) is 13.3 Å². The fourth-order valence-corrected chi connectivity index (χ4v) is 0.637. The van der Waals surface area contributed by atoms with Crippen molar-refractivity contribution in [2.75, 3.05) is 0 Å². The molecule has 0 fully saturated rings. The summed E-state index contributed by atoms with van der Waals surface area (Å²) in [5.41, 5.74) is 1.16. The Kier molecular flexibility index (Phi) is 4.47. The summed E-state index contributed by atoms with van der Waals surface area (Å²) >= 11 is 4.70. The van der Waals surface area contributed by atoms with E-state index < -0.39 is 0 Å². The summed E-state index contributed by atoms with van der Waals surface area (Å²) in [6.45, 7) is 5.62. The van der Waals surface area contributed by atoms with E-state index in [1.54, 1.807) is 11.4 Å². The molecule has 0 atom stereocenters. The average Bonchev–Trinajstić information content (AvgIpc) is 1.83. The predicted octanol–water partition coefficient (Wildman–Crippen LogP) is 2.51. The molecule has 0 saturated heterocycles. The highest BCUT2D eigenvalue weighted by Gasteiger charge is 1.80. The lowest BCUT2D eigenvalue weighted by Gasteiger charge is -1.87. The van der Waals surface area contributed by atoms with Gasteiger partial charge in [0, 0.05) is 5.37 Å². The van der Waals surface area contributed by atoms with E-state index in [-0.39, 0.29) is 0 Å². The zero-order valence-corrected chi connectivity index (χ0v) is 5.87. The standard InChI is InChI=1S/C7H10S/c1-3-5-7(4-2)6-8/h3,5-6H,1,4H2,2H3. The van der Waals surface area contributed by atoms with Gasteiger partial charge in [-0.2, -0.15) is 0 Å². The van der Waals surface area contributed by atoms with E-state index >= 15 is 0 Å². The topological polar surface area (TPSA) is 0 Å². The van der Waals surface area contributed by atoms with E-state index in [1.807, 2.05) is 6.08 Å². The molecule has 0 N–H and O–H groups in total. The van der Waals surface area contributed by atoms with Crippen LogP contribution in [0.2, 0.25) is 0 Å². The van der Waals surface area contributed by atoms with Crippen molar-refractivity contribution in [3.63, 3.8) is 0 Å². The maximum absolute atomic E-state index is 4.70. The largest absolute Gasteiger partial charge is 0.0991 e. The lowest BCUT2D eigenvalue weighted by molar-refractivity contribution is 1.19. The summed E-state index contributed by atoms with van der Waals surface area (Å²) in [6, 6.07) is 0. The molecule has 0 heterocycles. The van der Waals surface area contributed by atoms with Gasteiger partial charge in [0.05, 0.1) is 0 Å². The van der Waals surface area contributed by atoms with Gasteiger partial charge in [-0.3, -0.25) is 0 Å². The Morgan fingerprint density at radius 1 is 1.75 bits per heavy atom. The molecule has 0 saturated carbocycles. The SMILES string of the molecule is C=CC=C(C=S)CC. The van der Waals surface area contributed by atoms with Gasteiger partial charge in [0.25, 0.3) is 0 Å². The molecule has 0 bridgehead atoms. The molecule has 0 nitrogen and oxygen atoms in total. The van der Waals surface area contributed by atoms with Gasteiger partial charge in [-0.05, 0) is 12.0 Å². The van der Waals surface area contributed by atoms with E-state index in [9.17, 15) is 0 Å². The number of hydrogen-bond donors (Lipinski definition) is 0. The molecule has 0 aliphatic rings. The van der Waals surface area contributed by atoms with Gasteiger partial charge in [-0.15, -0.1) is 0 Å². The number of hydrogen-bond acceptors (Lipinski definition) is 1. The lowest BCUT2D eigenvalue weighted by atomic mass is 10.2. The molecule has 0 aromatic rings. The Labute approximate surface area is 55.9 Å². The van der Waals surface area contributed by atoms with E-state index in [4.69, 9.17) is 12.2 Å². The van der Waals surface area contributed by atoms with E-state index in [0.29, 0.717) is 0 Å². The Bertz CT molecular complexity index is 112. The van der Waals surface area contributed by atoms with Gasteiger partial charge in [-0.25, -0.2) is 0 Å². The molecule has 0 aliphatic heterocycles. The second-order valence-corrected chi connectivity index (χ2v) is 1.68. The van der Waals surface area contributed by atoms with Gasteiger partial charge in [0.15, 0.2) is 0 Å². The van der Waals surface area contributed by atoms with Crippen LogP contribution in [-0.4, -0.2) is 5.37 Å². The Hall–Kier alpha value is -0.430. The van der Waals surface area contributed by atoms with Crippen molar-refractivity contribution in [3.05, 3.63) is 24.3 Å². The summed E-state index contributed by atoms with van der Waals surface area (Å²) in [7, 11) is 0. The first-order valence-corrected chi connectivity index (χ1v) is 3.09. The first-order valence-electron chi connectivity index (χ1n) is 2.62. The lowest BCUT2D eigenvalue weighted by Crippen LogP contribution is -1.75. The predicted molar refractivity (Wildman–Crippen MR) is 42.2 cm³/mol. The third-order valence-electron chi connectivity index (χ3n) is 0.892. The Morgan fingerprint density at radius 2 is 2.38 bits per heavy atom. The molecule has 1 heteroatoms. The smallest absolute Gasteiger partial charge is 0.00455 e. The molecule has 0 radical (unpaired) electrons. The third kappa shape index (κ3) is 2.69. The summed E-state index contributed by atoms with van der Waals surface area (Å²) < 4.78 is 0. The highest BCUT2D eigenvalue weighted by molar-refractivity contribution is 7.79.